The van der Waals surface area contributed by atoms with Crippen LogP contribution >= 0.6 is 0 Å². The zero-order valence-corrected chi connectivity index (χ0v) is 4.50. The predicted molar refractivity (Wildman–Crippen MR) is 31.7 cm³/mol. The maximum Gasteiger partial charge on any atom is 0.125 e. The van der Waals surface area contributed by atoms with Crippen LogP contribution in [0.15, 0.2) is 9.39 Å². The van der Waals surface area contributed by atoms with Gasteiger partial charge < -0.3 is 0 Å². The van der Waals surface area contributed by atoms with Crippen molar-refractivity contribution in [1.29, 1.82) is 0 Å². The van der Waals surface area contributed by atoms with Crippen molar-refractivity contribution in [3.63, 3.8) is 0 Å². The lowest BCUT2D eigenvalue weighted by Crippen LogP contribution is -1.70. The Morgan fingerprint density at radius 2 is 2.50 bits per heavy atom. The van der Waals surface area contributed by atoms with Gasteiger partial charge >= 0.3 is 0 Å². The molecule has 1 unspecified atom stereocenters. The van der Waals surface area contributed by atoms with Crippen molar-refractivity contribution in [2.45, 2.75) is 0 Å². The number of aliphatic imine (C=N–C) groups is 1. The van der Waals surface area contributed by atoms with E-state index in [0.717, 1.165) is 0 Å². The molecule has 0 saturated heterocycles. The Bertz CT molecular complexity index is 112. The highest BCUT2D eigenvalue weighted by atomic mass is 32.8. The molecule has 0 saturated carbocycles. The summed E-state index contributed by atoms with van der Waals surface area (Å²) in [5, 5.41) is 0. The summed E-state index contributed by atoms with van der Waals surface area (Å²) in [4.78, 5) is 3.66. The molecular weight excluding hydrogens is 116 g/mol. The number of hydrogen-bond donors (Lipinski definition) is 0. The molecule has 0 radical (unpaired) electrons. The Balaban J connectivity index is 2.86. The molecule has 0 spiro atoms. The topological polar surface area (TPSA) is 24.7 Å². The van der Waals surface area contributed by atoms with Crippen LogP contribution in [0.5, 0.6) is 0 Å². The molecule has 1 atom stereocenters. The number of nitrogens with zero attached hydrogens (tertiary/aromatic N) is 2. The van der Waals surface area contributed by atoms with Gasteiger partial charge in [-0.1, -0.05) is 0 Å². The fraction of sp³-hybridized carbons (Fsp3) is 0. The lowest BCUT2D eigenvalue weighted by molar-refractivity contribution is 1.82. The molecule has 0 N–H and O–H groups in total. The molecule has 6 heavy (non-hydrogen) atoms. The SMILES string of the molecule is S=S1C=NC=N1. The van der Waals surface area contributed by atoms with Gasteiger partial charge in [-0.2, -0.15) is 4.40 Å². The van der Waals surface area contributed by atoms with E-state index < -0.39 is 0 Å². The first kappa shape index (κ1) is 4.08. The lowest BCUT2D eigenvalue weighted by Gasteiger charge is -1.67. The average molecular weight is 118 g/mol. The van der Waals surface area contributed by atoms with Gasteiger partial charge in [0.1, 0.15) is 6.34 Å². The molecule has 0 amide bonds. The summed E-state index contributed by atoms with van der Waals surface area (Å²) in [7, 11) is -0.312. The molecule has 0 aliphatic carbocycles. The van der Waals surface area contributed by atoms with E-state index in [1.54, 1.807) is 5.55 Å². The molecule has 1 aliphatic heterocycles. The highest BCUT2D eigenvalue weighted by molar-refractivity contribution is 8.35. The number of hydrogen-bond acceptors (Lipinski definition) is 2. The highest BCUT2D eigenvalue weighted by Crippen LogP contribution is 1.84. The van der Waals surface area contributed by atoms with Crippen molar-refractivity contribution in [1.82, 2.24) is 0 Å². The molecule has 1 heterocycles. The molecule has 4 heteroatoms. The van der Waals surface area contributed by atoms with E-state index in [1.807, 2.05) is 0 Å². The minimum absolute atomic E-state index is 0.312. The van der Waals surface area contributed by atoms with Gasteiger partial charge in [-0.05, 0) is 11.2 Å². The van der Waals surface area contributed by atoms with Crippen molar-refractivity contribution >= 4 is 32.7 Å². The van der Waals surface area contributed by atoms with Gasteiger partial charge in [0.05, 0.1) is 5.55 Å². The molecule has 0 aromatic carbocycles. The van der Waals surface area contributed by atoms with Crippen LogP contribution in [-0.2, 0) is 20.8 Å². The van der Waals surface area contributed by atoms with Crippen LogP contribution in [0.2, 0.25) is 0 Å². The third-order valence-corrected chi connectivity index (χ3v) is 1.49. The summed E-state index contributed by atoms with van der Waals surface area (Å²) in [6.45, 7) is 0. The smallest absolute Gasteiger partial charge is 0.125 e. The fourth-order valence-corrected chi connectivity index (χ4v) is 0.805. The van der Waals surface area contributed by atoms with Crippen molar-refractivity contribution in [3.05, 3.63) is 0 Å². The van der Waals surface area contributed by atoms with Gasteiger partial charge in [0, 0.05) is 9.64 Å². The van der Waals surface area contributed by atoms with Crippen LogP contribution in [0.1, 0.15) is 0 Å². The minimum Gasteiger partial charge on any atom is -0.235 e. The van der Waals surface area contributed by atoms with Gasteiger partial charge in [-0.3, -0.25) is 0 Å². The monoisotopic (exact) mass is 118 g/mol. The van der Waals surface area contributed by atoms with Crippen molar-refractivity contribution in [2.75, 3.05) is 0 Å². The molecule has 0 aromatic heterocycles. The maximum absolute atomic E-state index is 4.68. The second kappa shape index (κ2) is 1.57. The molecule has 0 bridgehead atoms. The zero-order valence-electron chi connectivity index (χ0n) is 2.87. The minimum atomic E-state index is -0.312. The molecule has 0 aromatic rings. The Labute approximate surface area is 42.7 Å². The van der Waals surface area contributed by atoms with Gasteiger partial charge in [0.15, 0.2) is 0 Å². The Morgan fingerprint density at radius 1 is 1.67 bits per heavy atom. The van der Waals surface area contributed by atoms with E-state index in [0.29, 0.717) is 0 Å². The first-order valence-corrected chi connectivity index (χ1v) is 3.53. The van der Waals surface area contributed by atoms with Crippen LogP contribution in [0, 0.1) is 0 Å². The van der Waals surface area contributed by atoms with Gasteiger partial charge in [-0.15, -0.1) is 0 Å². The van der Waals surface area contributed by atoms with E-state index in [1.165, 1.54) is 6.34 Å². The normalized spacial score (nSPS) is 29.0. The standard InChI is InChI=1S/C2H2N2S2/c5-6-2-3-1-4-6/h1-2H. The van der Waals surface area contributed by atoms with Crippen molar-refractivity contribution in [3.8, 4) is 0 Å². The van der Waals surface area contributed by atoms with E-state index in [-0.39, 0.29) is 9.64 Å². The molecule has 0 fully saturated rings. The van der Waals surface area contributed by atoms with E-state index in [4.69, 9.17) is 0 Å². The maximum atomic E-state index is 4.68. The van der Waals surface area contributed by atoms with Crippen molar-refractivity contribution < 1.29 is 0 Å². The molecule has 2 nitrogen and oxygen atoms in total. The van der Waals surface area contributed by atoms with Crippen LogP contribution in [0.3, 0.4) is 0 Å². The van der Waals surface area contributed by atoms with Crippen LogP contribution < -0.4 is 0 Å². The summed E-state index contributed by atoms with van der Waals surface area (Å²) in [6, 6.07) is 0. The molecular formula is C2H2N2S2. The lowest BCUT2D eigenvalue weighted by atomic mass is 11.3. The first-order valence-electron chi connectivity index (χ1n) is 1.36. The summed E-state index contributed by atoms with van der Waals surface area (Å²) < 4.78 is 3.73. The largest absolute Gasteiger partial charge is 0.235 e. The predicted octanol–water partition coefficient (Wildman–Crippen LogP) is 0.0518. The summed E-state index contributed by atoms with van der Waals surface area (Å²) in [5.74, 6) is 0. The van der Waals surface area contributed by atoms with Crippen LogP contribution in [0.4, 0.5) is 0 Å². The Kier molecular flexibility index (Phi) is 1.07. The van der Waals surface area contributed by atoms with Gasteiger partial charge in [0.25, 0.3) is 0 Å². The third kappa shape index (κ3) is 0.693. The van der Waals surface area contributed by atoms with Gasteiger partial charge in [0.2, 0.25) is 0 Å². The average Bonchev–Trinajstić information content (AvgIpc) is 1.86. The highest BCUT2D eigenvalue weighted by Gasteiger charge is 1.84. The zero-order chi connectivity index (χ0) is 4.41. The fourth-order valence-electron chi connectivity index (χ4n) is 0.180. The number of rotatable bonds is 0. The first-order chi connectivity index (χ1) is 2.89. The molecule has 32 valence electrons. The van der Waals surface area contributed by atoms with Gasteiger partial charge in [-0.25, -0.2) is 4.99 Å². The van der Waals surface area contributed by atoms with Crippen molar-refractivity contribution in [2.24, 2.45) is 9.39 Å². The Hall–Kier alpha value is -0.0900. The van der Waals surface area contributed by atoms with Crippen LogP contribution in [0.25, 0.3) is 0 Å². The molecule has 1 rings (SSSR count). The molecule has 1 aliphatic rings. The summed E-state index contributed by atoms with van der Waals surface area (Å²) in [5.41, 5.74) is 1.65. The third-order valence-electron chi connectivity index (χ3n) is 0.369. The second-order valence-corrected chi connectivity index (χ2v) is 2.75. The summed E-state index contributed by atoms with van der Waals surface area (Å²) in [6.07, 6.45) is 1.48. The summed E-state index contributed by atoms with van der Waals surface area (Å²) >= 11 is 4.68. The van der Waals surface area contributed by atoms with Crippen LogP contribution in [-0.4, -0.2) is 11.9 Å². The van der Waals surface area contributed by atoms with E-state index in [9.17, 15) is 0 Å². The second-order valence-electron chi connectivity index (χ2n) is 0.752. The Morgan fingerprint density at radius 3 is 2.67 bits per heavy atom. The quantitative estimate of drug-likeness (QED) is 0.441. The van der Waals surface area contributed by atoms with E-state index in [2.05, 4.69) is 20.6 Å². The van der Waals surface area contributed by atoms with E-state index >= 15 is 0 Å².